The molecule has 0 aliphatic carbocycles. The van der Waals surface area contributed by atoms with Crippen molar-refractivity contribution in [3.63, 3.8) is 0 Å². The van der Waals surface area contributed by atoms with Gasteiger partial charge >= 0.3 is 0 Å². The zero-order valence-corrected chi connectivity index (χ0v) is 14.2. The molecular formula is C15H25N3O2S. The molecule has 2 amide bonds. The first-order valence-electron chi connectivity index (χ1n) is 7.07. The number of carbonyl (C=O) groups is 2. The molecule has 2 N–H and O–H groups in total. The lowest BCUT2D eigenvalue weighted by molar-refractivity contribution is -0.129. The summed E-state index contributed by atoms with van der Waals surface area (Å²) >= 11 is 1.67. The lowest BCUT2D eigenvalue weighted by atomic mass is 10.0. The summed E-state index contributed by atoms with van der Waals surface area (Å²) in [5, 5.41) is 7.68. The summed E-state index contributed by atoms with van der Waals surface area (Å²) in [6, 6.07) is 3.72. The van der Waals surface area contributed by atoms with Gasteiger partial charge in [-0.1, -0.05) is 19.9 Å². The summed E-state index contributed by atoms with van der Waals surface area (Å²) in [5.41, 5.74) is 0. The third-order valence-corrected chi connectivity index (χ3v) is 4.25. The van der Waals surface area contributed by atoms with Crippen molar-refractivity contribution in [2.75, 3.05) is 20.6 Å². The third kappa shape index (κ3) is 5.47. The number of carbonyl (C=O) groups excluding carboxylic acids is 2. The quantitative estimate of drug-likeness (QED) is 0.804. The van der Waals surface area contributed by atoms with E-state index in [1.807, 2.05) is 39.4 Å². The van der Waals surface area contributed by atoms with Crippen molar-refractivity contribution >= 4 is 23.2 Å². The number of hydrogen-bond donors (Lipinski definition) is 2. The molecule has 1 rings (SSSR count). The Labute approximate surface area is 130 Å². The van der Waals surface area contributed by atoms with E-state index in [1.54, 1.807) is 11.3 Å². The van der Waals surface area contributed by atoms with Gasteiger partial charge in [-0.05, 0) is 31.5 Å². The van der Waals surface area contributed by atoms with Gasteiger partial charge in [-0.15, -0.1) is 11.3 Å². The normalized spacial score (nSPS) is 14.0. The van der Waals surface area contributed by atoms with Crippen molar-refractivity contribution in [2.24, 2.45) is 5.92 Å². The fourth-order valence-corrected chi connectivity index (χ4v) is 3.00. The van der Waals surface area contributed by atoms with Crippen LogP contribution in [0.1, 0.15) is 31.7 Å². The lowest BCUT2D eigenvalue weighted by Gasteiger charge is -2.26. The van der Waals surface area contributed by atoms with Crippen LogP contribution >= 0.6 is 11.3 Å². The molecule has 2 unspecified atom stereocenters. The van der Waals surface area contributed by atoms with Gasteiger partial charge in [-0.2, -0.15) is 0 Å². The van der Waals surface area contributed by atoms with E-state index < -0.39 is 6.04 Å². The smallest absolute Gasteiger partial charge is 0.242 e. The average Bonchev–Trinajstić information content (AvgIpc) is 2.88. The van der Waals surface area contributed by atoms with E-state index in [9.17, 15) is 9.59 Å². The van der Waals surface area contributed by atoms with Crippen LogP contribution in [-0.2, 0) is 9.59 Å². The second-order valence-electron chi connectivity index (χ2n) is 5.66. The van der Waals surface area contributed by atoms with E-state index in [4.69, 9.17) is 0 Å². The van der Waals surface area contributed by atoms with E-state index in [0.29, 0.717) is 6.54 Å². The molecule has 0 saturated heterocycles. The molecule has 1 aromatic rings. The SMILES string of the molecule is CC(=O)NC(C(=O)NCC(c1cccs1)N(C)C)C(C)C. The van der Waals surface area contributed by atoms with Crippen molar-refractivity contribution in [1.82, 2.24) is 15.5 Å². The Morgan fingerprint density at radius 3 is 2.43 bits per heavy atom. The maximum atomic E-state index is 12.3. The highest BCUT2D eigenvalue weighted by molar-refractivity contribution is 7.10. The third-order valence-electron chi connectivity index (χ3n) is 3.27. The van der Waals surface area contributed by atoms with Crippen LogP contribution in [-0.4, -0.2) is 43.4 Å². The van der Waals surface area contributed by atoms with Gasteiger partial charge < -0.3 is 15.5 Å². The minimum atomic E-state index is -0.492. The summed E-state index contributed by atoms with van der Waals surface area (Å²) in [5.74, 6) is -0.275. The minimum absolute atomic E-state index is 0.0495. The van der Waals surface area contributed by atoms with E-state index in [-0.39, 0.29) is 23.8 Å². The molecule has 0 bridgehead atoms. The topological polar surface area (TPSA) is 61.4 Å². The molecule has 21 heavy (non-hydrogen) atoms. The van der Waals surface area contributed by atoms with Crippen LogP contribution in [0.5, 0.6) is 0 Å². The highest BCUT2D eigenvalue weighted by Crippen LogP contribution is 2.22. The van der Waals surface area contributed by atoms with Crippen molar-refractivity contribution in [3.8, 4) is 0 Å². The fourth-order valence-electron chi connectivity index (χ4n) is 2.08. The van der Waals surface area contributed by atoms with Gasteiger partial charge in [0.15, 0.2) is 0 Å². The molecule has 0 aromatic carbocycles. The Bertz CT molecular complexity index is 457. The van der Waals surface area contributed by atoms with Crippen LogP contribution in [0, 0.1) is 5.92 Å². The molecule has 2 atom stereocenters. The van der Waals surface area contributed by atoms with Crippen LogP contribution in [0.2, 0.25) is 0 Å². The molecule has 0 fully saturated rings. The molecule has 0 saturated carbocycles. The molecule has 5 nitrogen and oxygen atoms in total. The lowest BCUT2D eigenvalue weighted by Crippen LogP contribution is -2.50. The maximum Gasteiger partial charge on any atom is 0.242 e. The fraction of sp³-hybridized carbons (Fsp3) is 0.600. The number of thiophene rings is 1. The molecule has 0 aliphatic rings. The van der Waals surface area contributed by atoms with Crippen LogP contribution in [0.25, 0.3) is 0 Å². The number of nitrogens with zero attached hydrogens (tertiary/aromatic N) is 1. The summed E-state index contributed by atoms with van der Waals surface area (Å²) in [7, 11) is 3.98. The molecule has 6 heteroatoms. The molecule has 1 aromatic heterocycles. The zero-order valence-electron chi connectivity index (χ0n) is 13.3. The van der Waals surface area contributed by atoms with Gasteiger partial charge in [-0.3, -0.25) is 9.59 Å². The predicted octanol–water partition coefficient (Wildman–Crippen LogP) is 1.63. The summed E-state index contributed by atoms with van der Waals surface area (Å²) in [6.45, 7) is 5.79. The van der Waals surface area contributed by atoms with E-state index in [0.717, 1.165) is 0 Å². The number of amides is 2. The highest BCUT2D eigenvalue weighted by Gasteiger charge is 2.24. The molecule has 0 spiro atoms. The maximum absolute atomic E-state index is 12.3. The van der Waals surface area contributed by atoms with Crippen molar-refractivity contribution < 1.29 is 9.59 Å². The standard InChI is InChI=1S/C15H25N3O2S/c1-10(2)14(17-11(3)19)15(20)16-9-12(18(4)5)13-7-6-8-21-13/h6-8,10,12,14H,9H2,1-5H3,(H,16,20)(H,17,19). The molecule has 0 radical (unpaired) electrons. The van der Waals surface area contributed by atoms with Crippen molar-refractivity contribution in [1.29, 1.82) is 0 Å². The van der Waals surface area contributed by atoms with Crippen LogP contribution in [0.4, 0.5) is 0 Å². The van der Waals surface area contributed by atoms with Crippen molar-refractivity contribution in [3.05, 3.63) is 22.4 Å². The Balaban J connectivity index is 2.66. The first-order valence-corrected chi connectivity index (χ1v) is 7.95. The number of nitrogens with one attached hydrogen (secondary N) is 2. The zero-order chi connectivity index (χ0) is 16.0. The van der Waals surface area contributed by atoms with Gasteiger partial charge in [-0.25, -0.2) is 0 Å². The van der Waals surface area contributed by atoms with Crippen LogP contribution in [0.15, 0.2) is 17.5 Å². The van der Waals surface area contributed by atoms with Gasteiger partial charge in [0.25, 0.3) is 0 Å². The number of likely N-dealkylation sites (N-methyl/N-ethyl adjacent to an activating group) is 1. The Morgan fingerprint density at radius 1 is 1.33 bits per heavy atom. The first kappa shape index (κ1) is 17.7. The summed E-state index contributed by atoms with van der Waals surface area (Å²) in [6.07, 6.45) is 0. The Kier molecular flexibility index (Phi) is 6.84. The molecule has 1 heterocycles. The monoisotopic (exact) mass is 311 g/mol. The van der Waals surface area contributed by atoms with E-state index in [1.165, 1.54) is 11.8 Å². The van der Waals surface area contributed by atoms with Gasteiger partial charge in [0.1, 0.15) is 6.04 Å². The Morgan fingerprint density at radius 2 is 2.00 bits per heavy atom. The van der Waals surface area contributed by atoms with E-state index in [2.05, 4.69) is 21.6 Å². The summed E-state index contributed by atoms with van der Waals surface area (Å²) < 4.78 is 0. The molecular weight excluding hydrogens is 286 g/mol. The number of rotatable bonds is 7. The predicted molar refractivity (Wildman–Crippen MR) is 86.2 cm³/mol. The van der Waals surface area contributed by atoms with Gasteiger partial charge in [0.05, 0.1) is 6.04 Å². The minimum Gasteiger partial charge on any atom is -0.352 e. The van der Waals surface area contributed by atoms with Crippen molar-refractivity contribution in [2.45, 2.75) is 32.9 Å². The highest BCUT2D eigenvalue weighted by atomic mass is 32.1. The number of hydrogen-bond acceptors (Lipinski definition) is 4. The first-order chi connectivity index (χ1) is 9.82. The summed E-state index contributed by atoms with van der Waals surface area (Å²) in [4.78, 5) is 26.8. The van der Waals surface area contributed by atoms with E-state index >= 15 is 0 Å². The van der Waals surface area contributed by atoms with Crippen LogP contribution < -0.4 is 10.6 Å². The van der Waals surface area contributed by atoms with Gasteiger partial charge in [0.2, 0.25) is 11.8 Å². The second kappa shape index (κ2) is 8.14. The second-order valence-corrected chi connectivity index (χ2v) is 6.64. The largest absolute Gasteiger partial charge is 0.352 e. The average molecular weight is 311 g/mol. The Hall–Kier alpha value is -1.40. The molecule has 0 aliphatic heterocycles. The van der Waals surface area contributed by atoms with Crippen LogP contribution in [0.3, 0.4) is 0 Å². The molecule has 118 valence electrons. The van der Waals surface area contributed by atoms with Gasteiger partial charge in [0, 0.05) is 18.3 Å².